The van der Waals surface area contributed by atoms with E-state index in [4.69, 9.17) is 16.3 Å². The van der Waals surface area contributed by atoms with E-state index in [0.29, 0.717) is 22.9 Å². The monoisotopic (exact) mass is 281 g/mol. The number of likely N-dealkylation sites (N-methyl/N-ethyl adjacent to an activating group) is 1. The lowest BCUT2D eigenvalue weighted by Gasteiger charge is -2.15. The molecule has 3 nitrogen and oxygen atoms in total. The van der Waals surface area contributed by atoms with E-state index in [2.05, 4.69) is 11.8 Å². The van der Waals surface area contributed by atoms with Crippen LogP contribution in [0.4, 0.5) is 0 Å². The number of ketones is 1. The smallest absolute Gasteiger partial charge is 0.176 e. The summed E-state index contributed by atoms with van der Waals surface area (Å²) < 4.78 is 5.08. The van der Waals surface area contributed by atoms with E-state index >= 15 is 0 Å². The van der Waals surface area contributed by atoms with E-state index in [1.54, 1.807) is 25.3 Å². The molecule has 0 radical (unpaired) electrons. The van der Waals surface area contributed by atoms with Gasteiger partial charge in [0.2, 0.25) is 0 Å². The topological polar surface area (TPSA) is 29.5 Å². The number of rotatable bonds is 6. The fourth-order valence-electron chi connectivity index (χ4n) is 2.29. The maximum Gasteiger partial charge on any atom is 0.176 e. The van der Waals surface area contributed by atoms with Gasteiger partial charge in [0.1, 0.15) is 5.75 Å². The van der Waals surface area contributed by atoms with E-state index in [0.717, 1.165) is 18.4 Å². The van der Waals surface area contributed by atoms with Gasteiger partial charge in [-0.25, -0.2) is 0 Å². The molecule has 1 aromatic rings. The normalized spacial score (nSPS) is 21.5. The van der Waals surface area contributed by atoms with Crippen molar-refractivity contribution in [3.63, 3.8) is 0 Å². The van der Waals surface area contributed by atoms with Crippen LogP contribution in [0.25, 0.3) is 0 Å². The zero-order valence-corrected chi connectivity index (χ0v) is 12.4. The molecular weight excluding hydrogens is 262 g/mol. The van der Waals surface area contributed by atoms with E-state index in [1.165, 1.54) is 6.42 Å². The first-order valence-corrected chi connectivity index (χ1v) is 6.94. The molecule has 0 N–H and O–H groups in total. The zero-order valence-electron chi connectivity index (χ0n) is 11.6. The molecule has 1 aliphatic rings. The molecule has 2 unspecified atom stereocenters. The van der Waals surface area contributed by atoms with Crippen molar-refractivity contribution in [1.82, 2.24) is 4.90 Å². The second kappa shape index (κ2) is 5.93. The van der Waals surface area contributed by atoms with Gasteiger partial charge >= 0.3 is 0 Å². The fourth-order valence-corrected chi connectivity index (χ4v) is 2.55. The second-order valence-corrected chi connectivity index (χ2v) is 5.85. The van der Waals surface area contributed by atoms with Gasteiger partial charge in [0.15, 0.2) is 5.78 Å². The Morgan fingerprint density at radius 3 is 2.74 bits per heavy atom. The molecule has 0 aliphatic heterocycles. The number of halogens is 1. The lowest BCUT2D eigenvalue weighted by Crippen LogP contribution is -2.28. The lowest BCUT2D eigenvalue weighted by atomic mass is 10.1. The largest absolute Gasteiger partial charge is 0.495 e. The molecule has 2 atom stereocenters. The van der Waals surface area contributed by atoms with Crippen LogP contribution in [-0.4, -0.2) is 37.9 Å². The maximum absolute atomic E-state index is 12.1. The second-order valence-electron chi connectivity index (χ2n) is 5.44. The summed E-state index contributed by atoms with van der Waals surface area (Å²) in [6.45, 7) is 3.69. The van der Waals surface area contributed by atoms with Crippen molar-refractivity contribution in [2.24, 2.45) is 11.8 Å². The third-order valence-corrected chi connectivity index (χ3v) is 4.00. The number of carbonyl (C=O) groups is 1. The van der Waals surface area contributed by atoms with Gasteiger partial charge in [-0.2, -0.15) is 0 Å². The minimum atomic E-state index is 0.0976. The van der Waals surface area contributed by atoms with Crippen molar-refractivity contribution in [2.45, 2.75) is 13.3 Å². The number of ether oxygens (including phenoxy) is 1. The van der Waals surface area contributed by atoms with Gasteiger partial charge in [-0.15, -0.1) is 0 Å². The Morgan fingerprint density at radius 2 is 2.21 bits per heavy atom. The Balaban J connectivity index is 1.93. The maximum atomic E-state index is 12.1. The molecule has 104 valence electrons. The quantitative estimate of drug-likeness (QED) is 0.751. The Hall–Kier alpha value is -1.06. The van der Waals surface area contributed by atoms with Crippen molar-refractivity contribution in [2.75, 3.05) is 27.2 Å². The Labute approximate surface area is 119 Å². The van der Waals surface area contributed by atoms with Crippen molar-refractivity contribution in [1.29, 1.82) is 0 Å². The predicted molar refractivity (Wildman–Crippen MR) is 77.1 cm³/mol. The summed E-state index contributed by atoms with van der Waals surface area (Å²) in [5.74, 6) is 2.27. The number of hydrogen-bond acceptors (Lipinski definition) is 3. The molecule has 0 saturated heterocycles. The highest BCUT2D eigenvalue weighted by molar-refractivity contribution is 6.32. The summed E-state index contributed by atoms with van der Waals surface area (Å²) in [6, 6.07) is 5.18. The summed E-state index contributed by atoms with van der Waals surface area (Å²) in [4.78, 5) is 14.2. The number of benzene rings is 1. The van der Waals surface area contributed by atoms with Crippen LogP contribution in [0.2, 0.25) is 5.02 Å². The highest BCUT2D eigenvalue weighted by Gasteiger charge is 2.33. The van der Waals surface area contributed by atoms with Gasteiger partial charge in [-0.3, -0.25) is 9.69 Å². The molecule has 1 aliphatic carbocycles. The van der Waals surface area contributed by atoms with Crippen molar-refractivity contribution >= 4 is 17.4 Å². The summed E-state index contributed by atoms with van der Waals surface area (Å²) in [6.07, 6.45) is 1.28. The highest BCUT2D eigenvalue weighted by Crippen LogP contribution is 2.37. The van der Waals surface area contributed by atoms with Crippen molar-refractivity contribution in [3.8, 4) is 5.75 Å². The van der Waals surface area contributed by atoms with E-state index < -0.39 is 0 Å². The van der Waals surface area contributed by atoms with Gasteiger partial charge < -0.3 is 4.74 Å². The summed E-state index contributed by atoms with van der Waals surface area (Å²) in [5, 5.41) is 0.479. The molecule has 2 rings (SSSR count). The Kier molecular flexibility index (Phi) is 4.48. The predicted octanol–water partition coefficient (Wildman–Crippen LogP) is 3.12. The molecule has 0 spiro atoms. The van der Waals surface area contributed by atoms with Crippen LogP contribution >= 0.6 is 11.6 Å². The van der Waals surface area contributed by atoms with Crippen LogP contribution in [0.15, 0.2) is 18.2 Å². The van der Waals surface area contributed by atoms with Crippen LogP contribution in [-0.2, 0) is 0 Å². The summed E-state index contributed by atoms with van der Waals surface area (Å²) >= 11 is 6.03. The van der Waals surface area contributed by atoms with Crippen LogP contribution in [0, 0.1) is 11.8 Å². The number of Topliss-reactive ketones (excluding diaryl/α,β-unsaturated/α-hetero) is 1. The molecule has 0 amide bonds. The number of methoxy groups -OCH3 is 1. The molecule has 1 fully saturated rings. The van der Waals surface area contributed by atoms with Crippen LogP contribution < -0.4 is 4.74 Å². The number of hydrogen-bond donors (Lipinski definition) is 0. The first-order valence-electron chi connectivity index (χ1n) is 6.56. The third-order valence-electron chi connectivity index (χ3n) is 3.71. The van der Waals surface area contributed by atoms with Crippen LogP contribution in [0.3, 0.4) is 0 Å². The highest BCUT2D eigenvalue weighted by atomic mass is 35.5. The number of nitrogens with zero attached hydrogens (tertiary/aromatic N) is 1. The Morgan fingerprint density at radius 1 is 1.53 bits per heavy atom. The van der Waals surface area contributed by atoms with Gasteiger partial charge in [0, 0.05) is 12.1 Å². The average Bonchev–Trinajstić information content (AvgIpc) is 3.04. The molecular formula is C15H20ClNO2. The lowest BCUT2D eigenvalue weighted by molar-refractivity contribution is 0.0943. The number of carbonyl (C=O) groups excluding carboxylic acids is 1. The van der Waals surface area contributed by atoms with E-state index in [1.807, 2.05) is 7.05 Å². The van der Waals surface area contributed by atoms with Crippen LogP contribution in [0.5, 0.6) is 5.75 Å². The SMILES string of the molecule is COc1ccc(C(=O)CN(C)CC2CC2C)cc1Cl. The first kappa shape index (κ1) is 14.4. The molecule has 0 heterocycles. The third kappa shape index (κ3) is 3.71. The minimum Gasteiger partial charge on any atom is -0.495 e. The molecule has 0 aromatic heterocycles. The molecule has 0 bridgehead atoms. The van der Waals surface area contributed by atoms with Gasteiger partial charge in [-0.1, -0.05) is 18.5 Å². The van der Waals surface area contributed by atoms with Gasteiger partial charge in [0.05, 0.1) is 18.7 Å². The van der Waals surface area contributed by atoms with Crippen molar-refractivity contribution in [3.05, 3.63) is 28.8 Å². The summed E-state index contributed by atoms with van der Waals surface area (Å²) in [7, 11) is 3.56. The summed E-state index contributed by atoms with van der Waals surface area (Å²) in [5.41, 5.74) is 0.640. The molecule has 19 heavy (non-hydrogen) atoms. The molecule has 1 saturated carbocycles. The van der Waals surface area contributed by atoms with E-state index in [-0.39, 0.29) is 5.78 Å². The first-order chi connectivity index (χ1) is 9.01. The van der Waals surface area contributed by atoms with Gasteiger partial charge in [-0.05, 0) is 43.5 Å². The van der Waals surface area contributed by atoms with Crippen molar-refractivity contribution < 1.29 is 9.53 Å². The standard InChI is InChI=1S/C15H20ClNO2/c1-10-6-12(10)8-17(2)9-14(18)11-4-5-15(19-3)13(16)7-11/h4-5,7,10,12H,6,8-9H2,1-3H3. The minimum absolute atomic E-state index is 0.0976. The fraction of sp³-hybridized carbons (Fsp3) is 0.533. The molecule has 4 heteroatoms. The van der Waals surface area contributed by atoms with Gasteiger partial charge in [0.25, 0.3) is 0 Å². The zero-order chi connectivity index (χ0) is 14.0. The average molecular weight is 282 g/mol. The Bertz CT molecular complexity index is 475. The van der Waals surface area contributed by atoms with Crippen LogP contribution in [0.1, 0.15) is 23.7 Å². The van der Waals surface area contributed by atoms with E-state index in [9.17, 15) is 4.79 Å². The molecule has 1 aromatic carbocycles.